The lowest BCUT2D eigenvalue weighted by Gasteiger charge is -2.14. The maximum Gasteiger partial charge on any atom is 0.338 e. The molecule has 0 N–H and O–H groups in total. The molecule has 0 unspecified atom stereocenters. The molecule has 0 aromatic heterocycles. The first kappa shape index (κ1) is 13.3. The van der Waals surface area contributed by atoms with Gasteiger partial charge in [-0.3, -0.25) is 9.59 Å². The average Bonchev–Trinajstić information content (AvgIpc) is 2.98. The average molecular weight is 261 g/mol. The third-order valence-corrected chi connectivity index (χ3v) is 3.07. The zero-order chi connectivity index (χ0) is 13.7. The number of hydrogen-bond donors (Lipinski definition) is 0. The quantitative estimate of drug-likeness (QED) is 0.605. The monoisotopic (exact) mass is 261 g/mol. The molecule has 1 aromatic carbocycles. The Labute approximate surface area is 111 Å². The second kappa shape index (κ2) is 6.13. The van der Waals surface area contributed by atoms with Crippen molar-refractivity contribution >= 4 is 18.2 Å². The van der Waals surface area contributed by atoms with Crippen LogP contribution < -0.4 is 0 Å². The van der Waals surface area contributed by atoms with Crippen molar-refractivity contribution in [2.75, 3.05) is 19.7 Å². The molecule has 5 nitrogen and oxygen atoms in total. The third-order valence-electron chi connectivity index (χ3n) is 3.07. The first-order valence-corrected chi connectivity index (χ1v) is 6.21. The highest BCUT2D eigenvalue weighted by Crippen LogP contribution is 2.08. The zero-order valence-electron chi connectivity index (χ0n) is 10.5. The maximum absolute atomic E-state index is 11.7. The second-order valence-electron chi connectivity index (χ2n) is 4.40. The van der Waals surface area contributed by atoms with Crippen molar-refractivity contribution in [1.82, 2.24) is 4.90 Å². The molecular weight excluding hydrogens is 246 g/mol. The molecule has 1 saturated heterocycles. The van der Waals surface area contributed by atoms with Gasteiger partial charge < -0.3 is 9.64 Å². The molecule has 0 bridgehead atoms. The summed E-state index contributed by atoms with van der Waals surface area (Å²) in [5.41, 5.74) is 0.824. The van der Waals surface area contributed by atoms with E-state index in [-0.39, 0.29) is 12.5 Å². The van der Waals surface area contributed by atoms with Crippen molar-refractivity contribution < 1.29 is 19.1 Å². The zero-order valence-corrected chi connectivity index (χ0v) is 10.5. The largest absolute Gasteiger partial charge is 0.452 e. The van der Waals surface area contributed by atoms with Crippen LogP contribution in [0.4, 0.5) is 0 Å². The summed E-state index contributed by atoms with van der Waals surface area (Å²) in [6, 6.07) is 6.08. The lowest BCUT2D eigenvalue weighted by molar-refractivity contribution is -0.133. The van der Waals surface area contributed by atoms with Crippen LogP contribution in [-0.4, -0.2) is 42.8 Å². The summed E-state index contributed by atoms with van der Waals surface area (Å²) in [4.78, 5) is 35.5. The fourth-order valence-electron chi connectivity index (χ4n) is 1.97. The van der Waals surface area contributed by atoms with Gasteiger partial charge >= 0.3 is 5.97 Å². The molecule has 19 heavy (non-hydrogen) atoms. The summed E-state index contributed by atoms with van der Waals surface area (Å²) in [5.74, 6) is -0.708. The maximum atomic E-state index is 11.7. The fraction of sp³-hybridized carbons (Fsp3) is 0.357. The van der Waals surface area contributed by atoms with Crippen LogP contribution in [0.3, 0.4) is 0 Å². The summed E-state index contributed by atoms with van der Waals surface area (Å²) >= 11 is 0. The van der Waals surface area contributed by atoms with Crippen molar-refractivity contribution in [3.63, 3.8) is 0 Å². The van der Waals surface area contributed by atoms with Crippen molar-refractivity contribution in [3.05, 3.63) is 35.4 Å². The third kappa shape index (κ3) is 3.40. The number of likely N-dealkylation sites (tertiary alicyclic amines) is 1. The molecule has 0 spiro atoms. The summed E-state index contributed by atoms with van der Waals surface area (Å²) in [6.07, 6.45) is 2.71. The molecule has 1 fully saturated rings. The van der Waals surface area contributed by atoms with E-state index in [1.54, 1.807) is 4.90 Å². The number of carbonyl (C=O) groups is 3. The molecule has 0 atom stereocenters. The van der Waals surface area contributed by atoms with Gasteiger partial charge in [0.25, 0.3) is 5.91 Å². The number of nitrogens with zero attached hydrogens (tertiary/aromatic N) is 1. The minimum atomic E-state index is -0.551. The number of ether oxygens (including phenoxy) is 1. The minimum Gasteiger partial charge on any atom is -0.452 e. The Hall–Kier alpha value is -2.17. The van der Waals surface area contributed by atoms with E-state index < -0.39 is 5.97 Å². The van der Waals surface area contributed by atoms with E-state index in [2.05, 4.69) is 0 Å². The molecule has 1 amide bonds. The predicted molar refractivity (Wildman–Crippen MR) is 67.9 cm³/mol. The molecule has 1 aromatic rings. The van der Waals surface area contributed by atoms with Gasteiger partial charge in [-0.25, -0.2) is 4.79 Å². The molecule has 0 saturated carbocycles. The van der Waals surface area contributed by atoms with Crippen LogP contribution in [0.15, 0.2) is 24.3 Å². The Morgan fingerprint density at radius 3 is 2.37 bits per heavy atom. The predicted octanol–water partition coefficient (Wildman–Crippen LogP) is 1.28. The molecule has 100 valence electrons. The molecule has 1 aliphatic rings. The van der Waals surface area contributed by atoms with Gasteiger partial charge in [-0.15, -0.1) is 0 Å². The number of esters is 1. The van der Waals surface area contributed by atoms with Gasteiger partial charge in [0.05, 0.1) is 5.56 Å². The van der Waals surface area contributed by atoms with Crippen molar-refractivity contribution in [2.24, 2.45) is 0 Å². The SMILES string of the molecule is O=Cc1ccc(C(=O)OCC(=O)N2CCCC2)cc1. The van der Waals surface area contributed by atoms with Gasteiger partial charge in [0.2, 0.25) is 0 Å². The highest BCUT2D eigenvalue weighted by atomic mass is 16.5. The molecular formula is C14H15NO4. The van der Waals surface area contributed by atoms with Crippen LogP contribution in [-0.2, 0) is 9.53 Å². The van der Waals surface area contributed by atoms with Gasteiger partial charge in [-0.2, -0.15) is 0 Å². The second-order valence-corrected chi connectivity index (χ2v) is 4.40. The molecule has 2 rings (SSSR count). The van der Waals surface area contributed by atoms with Crippen LogP contribution in [0.2, 0.25) is 0 Å². The van der Waals surface area contributed by atoms with E-state index in [0.717, 1.165) is 25.9 Å². The Morgan fingerprint density at radius 1 is 1.16 bits per heavy atom. The minimum absolute atomic E-state index is 0.157. The van der Waals surface area contributed by atoms with E-state index in [1.165, 1.54) is 24.3 Å². The van der Waals surface area contributed by atoms with Gasteiger partial charge in [0.15, 0.2) is 6.61 Å². The number of aldehydes is 1. The van der Waals surface area contributed by atoms with E-state index in [9.17, 15) is 14.4 Å². The summed E-state index contributed by atoms with van der Waals surface area (Å²) in [6.45, 7) is 1.25. The van der Waals surface area contributed by atoms with E-state index in [1.807, 2.05) is 0 Å². The highest BCUT2D eigenvalue weighted by molar-refractivity contribution is 5.92. The fourth-order valence-corrected chi connectivity index (χ4v) is 1.97. The van der Waals surface area contributed by atoms with Crippen LogP contribution in [0.25, 0.3) is 0 Å². The number of benzene rings is 1. The van der Waals surface area contributed by atoms with Gasteiger partial charge in [0.1, 0.15) is 6.29 Å². The highest BCUT2D eigenvalue weighted by Gasteiger charge is 2.19. The molecule has 1 heterocycles. The molecule has 0 radical (unpaired) electrons. The lowest BCUT2D eigenvalue weighted by atomic mass is 10.1. The molecule has 5 heteroatoms. The van der Waals surface area contributed by atoms with Crippen LogP contribution in [0.1, 0.15) is 33.6 Å². The summed E-state index contributed by atoms with van der Waals surface area (Å²) < 4.78 is 4.96. The standard InChI is InChI=1S/C14H15NO4/c16-9-11-3-5-12(6-4-11)14(18)19-10-13(17)15-7-1-2-8-15/h3-6,9H,1-2,7-8,10H2. The van der Waals surface area contributed by atoms with E-state index >= 15 is 0 Å². The van der Waals surface area contributed by atoms with Crippen LogP contribution in [0, 0.1) is 0 Å². The lowest BCUT2D eigenvalue weighted by Crippen LogP contribution is -2.32. The molecule has 0 aliphatic carbocycles. The Balaban J connectivity index is 1.86. The normalized spacial score (nSPS) is 14.2. The first-order valence-electron chi connectivity index (χ1n) is 6.21. The Morgan fingerprint density at radius 2 is 1.79 bits per heavy atom. The summed E-state index contributed by atoms with van der Waals surface area (Å²) in [5, 5.41) is 0. The smallest absolute Gasteiger partial charge is 0.338 e. The van der Waals surface area contributed by atoms with Gasteiger partial charge in [-0.1, -0.05) is 12.1 Å². The number of carbonyl (C=O) groups excluding carboxylic acids is 3. The van der Waals surface area contributed by atoms with Crippen molar-refractivity contribution in [1.29, 1.82) is 0 Å². The summed E-state index contributed by atoms with van der Waals surface area (Å²) in [7, 11) is 0. The van der Waals surface area contributed by atoms with Gasteiger partial charge in [0, 0.05) is 18.7 Å². The number of amides is 1. The van der Waals surface area contributed by atoms with E-state index in [0.29, 0.717) is 17.4 Å². The number of rotatable bonds is 4. The van der Waals surface area contributed by atoms with Gasteiger partial charge in [-0.05, 0) is 25.0 Å². The Kier molecular flexibility index (Phi) is 4.28. The Bertz CT molecular complexity index is 475. The van der Waals surface area contributed by atoms with Crippen molar-refractivity contribution in [2.45, 2.75) is 12.8 Å². The van der Waals surface area contributed by atoms with Crippen LogP contribution in [0.5, 0.6) is 0 Å². The topological polar surface area (TPSA) is 63.7 Å². The first-order chi connectivity index (χ1) is 9.20. The van der Waals surface area contributed by atoms with Crippen molar-refractivity contribution in [3.8, 4) is 0 Å². The van der Waals surface area contributed by atoms with Crippen LogP contribution >= 0.6 is 0 Å². The molecule has 1 aliphatic heterocycles. The van der Waals surface area contributed by atoms with E-state index in [4.69, 9.17) is 4.74 Å². The number of hydrogen-bond acceptors (Lipinski definition) is 4.